The number of hydrogen-bond donors (Lipinski definition) is 1. The lowest BCUT2D eigenvalue weighted by Gasteiger charge is -2.06. The minimum atomic E-state index is -0.199. The molecule has 0 aliphatic heterocycles. The number of tetrazole rings is 1. The number of aromatic nitrogens is 6. The summed E-state index contributed by atoms with van der Waals surface area (Å²) in [7, 11) is 0. The van der Waals surface area contributed by atoms with Crippen molar-refractivity contribution in [3.05, 3.63) is 54.4 Å². The van der Waals surface area contributed by atoms with E-state index >= 15 is 0 Å². The molecule has 2 aromatic heterocycles. The molecular weight excluding hydrogens is 314 g/mol. The number of hydrogen-bond acceptors (Lipinski definition) is 7. The van der Waals surface area contributed by atoms with E-state index in [1.807, 2.05) is 12.1 Å². The highest BCUT2D eigenvalue weighted by atomic mass is 32.1. The van der Waals surface area contributed by atoms with E-state index in [1.54, 1.807) is 30.3 Å². The molecule has 23 heavy (non-hydrogen) atoms. The smallest absolute Gasteiger partial charge is 0.255 e. The van der Waals surface area contributed by atoms with Gasteiger partial charge in [0.05, 0.1) is 17.4 Å². The Morgan fingerprint density at radius 1 is 1.04 bits per heavy atom. The summed E-state index contributed by atoms with van der Waals surface area (Å²) in [6.07, 6.45) is 1.50. The van der Waals surface area contributed by atoms with Crippen LogP contribution in [0.1, 0.15) is 10.4 Å². The van der Waals surface area contributed by atoms with E-state index in [4.69, 9.17) is 0 Å². The van der Waals surface area contributed by atoms with Crippen LogP contribution in [0.15, 0.2) is 48.8 Å². The summed E-state index contributed by atoms with van der Waals surface area (Å²) in [5, 5.41) is 13.8. The zero-order valence-corrected chi connectivity index (χ0v) is 12.4. The number of amides is 1. The van der Waals surface area contributed by atoms with E-state index in [-0.39, 0.29) is 5.91 Å². The Bertz CT molecular complexity index is 962. The fourth-order valence-electron chi connectivity index (χ4n) is 2.10. The van der Waals surface area contributed by atoms with Gasteiger partial charge in [-0.2, -0.15) is 8.75 Å². The first kappa shape index (κ1) is 13.5. The van der Waals surface area contributed by atoms with Crippen molar-refractivity contribution in [1.29, 1.82) is 0 Å². The third-order valence-corrected chi connectivity index (χ3v) is 3.81. The maximum Gasteiger partial charge on any atom is 0.255 e. The molecule has 0 atom stereocenters. The second-order valence-electron chi connectivity index (χ2n) is 4.72. The Balaban J connectivity index is 1.53. The van der Waals surface area contributed by atoms with Crippen LogP contribution in [-0.2, 0) is 0 Å². The van der Waals surface area contributed by atoms with Crippen molar-refractivity contribution in [2.24, 2.45) is 0 Å². The topological polar surface area (TPSA) is 98.5 Å². The van der Waals surface area contributed by atoms with Gasteiger partial charge in [-0.05, 0) is 52.9 Å². The first-order valence-corrected chi connectivity index (χ1v) is 7.40. The summed E-state index contributed by atoms with van der Waals surface area (Å²) in [5.74, 6) is -0.199. The SMILES string of the molecule is O=C(Nc1ccc(-n2cnnn2)cc1)c1ccc2nsnc2c1. The summed E-state index contributed by atoms with van der Waals surface area (Å²) in [5.41, 5.74) is 3.54. The number of carbonyl (C=O) groups is 1. The van der Waals surface area contributed by atoms with Gasteiger partial charge in [0, 0.05) is 11.3 Å². The van der Waals surface area contributed by atoms with Crippen LogP contribution in [0.25, 0.3) is 16.7 Å². The number of nitrogens with one attached hydrogen (secondary N) is 1. The van der Waals surface area contributed by atoms with Crippen LogP contribution in [0, 0.1) is 0 Å². The van der Waals surface area contributed by atoms with Gasteiger partial charge in [-0.1, -0.05) is 0 Å². The van der Waals surface area contributed by atoms with Crippen molar-refractivity contribution in [2.75, 3.05) is 5.32 Å². The second kappa shape index (κ2) is 5.54. The van der Waals surface area contributed by atoms with E-state index in [0.717, 1.165) is 28.4 Å². The Morgan fingerprint density at radius 3 is 2.65 bits per heavy atom. The number of benzene rings is 2. The first-order chi connectivity index (χ1) is 11.3. The summed E-state index contributed by atoms with van der Waals surface area (Å²) in [6, 6.07) is 12.5. The van der Waals surface area contributed by atoms with Gasteiger partial charge in [-0.25, -0.2) is 4.68 Å². The second-order valence-corrected chi connectivity index (χ2v) is 5.25. The van der Waals surface area contributed by atoms with E-state index in [9.17, 15) is 4.79 Å². The first-order valence-electron chi connectivity index (χ1n) is 6.67. The molecule has 4 aromatic rings. The van der Waals surface area contributed by atoms with E-state index in [1.165, 1.54) is 11.0 Å². The van der Waals surface area contributed by atoms with Gasteiger partial charge in [0.2, 0.25) is 0 Å². The summed E-state index contributed by atoms with van der Waals surface area (Å²) < 4.78 is 9.79. The van der Waals surface area contributed by atoms with Gasteiger partial charge in [-0.3, -0.25) is 4.79 Å². The predicted octanol–water partition coefficient (Wildman–Crippen LogP) is 1.92. The largest absolute Gasteiger partial charge is 0.322 e. The molecule has 0 fully saturated rings. The fraction of sp³-hybridized carbons (Fsp3) is 0. The molecule has 0 unspecified atom stereocenters. The molecule has 2 aromatic carbocycles. The van der Waals surface area contributed by atoms with Gasteiger partial charge < -0.3 is 5.32 Å². The molecule has 4 rings (SSSR count). The van der Waals surface area contributed by atoms with Crippen LogP contribution in [-0.4, -0.2) is 34.9 Å². The number of rotatable bonds is 3. The molecule has 112 valence electrons. The van der Waals surface area contributed by atoms with Gasteiger partial charge in [0.1, 0.15) is 17.4 Å². The highest BCUT2D eigenvalue weighted by molar-refractivity contribution is 7.00. The lowest BCUT2D eigenvalue weighted by Crippen LogP contribution is -2.11. The summed E-state index contributed by atoms with van der Waals surface area (Å²) in [6.45, 7) is 0. The van der Waals surface area contributed by atoms with Gasteiger partial charge in [0.25, 0.3) is 5.91 Å². The highest BCUT2D eigenvalue weighted by Crippen LogP contribution is 2.16. The maximum absolute atomic E-state index is 12.3. The van der Waals surface area contributed by atoms with E-state index in [2.05, 4.69) is 29.6 Å². The fourth-order valence-corrected chi connectivity index (χ4v) is 2.62. The zero-order chi connectivity index (χ0) is 15.6. The average molecular weight is 323 g/mol. The molecule has 0 bridgehead atoms. The van der Waals surface area contributed by atoms with Gasteiger partial charge >= 0.3 is 0 Å². The van der Waals surface area contributed by atoms with Crippen molar-refractivity contribution in [3.63, 3.8) is 0 Å². The Kier molecular flexibility index (Phi) is 3.24. The third-order valence-electron chi connectivity index (χ3n) is 3.25. The standard InChI is InChI=1S/C14H9N7OS/c22-14(9-1-6-12-13(7-9)18-23-17-12)16-10-2-4-11(5-3-10)21-8-15-19-20-21/h1-8H,(H,16,22). The Labute approximate surface area is 134 Å². The number of carbonyl (C=O) groups excluding carboxylic acids is 1. The van der Waals surface area contributed by atoms with Crippen LogP contribution in [0.3, 0.4) is 0 Å². The van der Waals surface area contributed by atoms with Crippen LogP contribution < -0.4 is 5.32 Å². The van der Waals surface area contributed by atoms with Gasteiger partial charge in [0.15, 0.2) is 0 Å². The highest BCUT2D eigenvalue weighted by Gasteiger charge is 2.09. The Morgan fingerprint density at radius 2 is 1.87 bits per heavy atom. The van der Waals surface area contributed by atoms with E-state index < -0.39 is 0 Å². The summed E-state index contributed by atoms with van der Waals surface area (Å²) >= 11 is 1.13. The monoisotopic (exact) mass is 323 g/mol. The summed E-state index contributed by atoms with van der Waals surface area (Å²) in [4.78, 5) is 12.3. The zero-order valence-electron chi connectivity index (χ0n) is 11.6. The van der Waals surface area contributed by atoms with Gasteiger partial charge in [-0.15, -0.1) is 5.10 Å². The van der Waals surface area contributed by atoms with Crippen molar-refractivity contribution in [3.8, 4) is 5.69 Å². The number of fused-ring (bicyclic) bond motifs is 1. The minimum absolute atomic E-state index is 0.199. The molecule has 2 heterocycles. The molecule has 0 radical (unpaired) electrons. The van der Waals surface area contributed by atoms with Crippen molar-refractivity contribution < 1.29 is 4.79 Å². The molecule has 0 spiro atoms. The molecule has 0 saturated heterocycles. The molecule has 0 aliphatic rings. The lowest BCUT2D eigenvalue weighted by molar-refractivity contribution is 0.102. The van der Waals surface area contributed by atoms with Crippen LogP contribution in [0.5, 0.6) is 0 Å². The molecular formula is C14H9N7OS. The van der Waals surface area contributed by atoms with Crippen molar-refractivity contribution in [1.82, 2.24) is 29.0 Å². The van der Waals surface area contributed by atoms with Crippen molar-refractivity contribution in [2.45, 2.75) is 0 Å². The molecule has 9 heteroatoms. The van der Waals surface area contributed by atoms with Crippen LogP contribution >= 0.6 is 11.7 Å². The average Bonchev–Trinajstić information content (AvgIpc) is 3.26. The molecule has 0 aliphatic carbocycles. The molecule has 8 nitrogen and oxygen atoms in total. The van der Waals surface area contributed by atoms with E-state index in [0.29, 0.717) is 11.3 Å². The molecule has 1 N–H and O–H groups in total. The van der Waals surface area contributed by atoms with Crippen LogP contribution in [0.2, 0.25) is 0 Å². The third kappa shape index (κ3) is 2.64. The Hall–Kier alpha value is -3.20. The predicted molar refractivity (Wildman–Crippen MR) is 84.5 cm³/mol. The molecule has 1 amide bonds. The number of anilines is 1. The molecule has 0 saturated carbocycles. The maximum atomic E-state index is 12.3. The minimum Gasteiger partial charge on any atom is -0.322 e. The van der Waals surface area contributed by atoms with Crippen LogP contribution in [0.4, 0.5) is 5.69 Å². The normalized spacial score (nSPS) is 10.8. The van der Waals surface area contributed by atoms with Crippen molar-refractivity contribution >= 4 is 34.4 Å². The number of nitrogens with zero attached hydrogens (tertiary/aromatic N) is 6. The lowest BCUT2D eigenvalue weighted by atomic mass is 10.2. The quantitative estimate of drug-likeness (QED) is 0.618.